The standard InChI is InChI=1S/C10H15N.C2H2F3NO/c1-9(11)7-8-10-5-3-2-4-6-10;3-2(4,5)1(6)7/h2-6,9H,7-8,11H2,1H3;(H2,6,7). The molecule has 4 N–H and O–H groups in total. The summed E-state index contributed by atoms with van der Waals surface area (Å²) in [4.78, 5) is 9.12. The number of amides is 1. The van der Waals surface area contributed by atoms with E-state index in [0.29, 0.717) is 6.04 Å². The molecule has 0 aliphatic carbocycles. The van der Waals surface area contributed by atoms with Crippen molar-refractivity contribution in [3.05, 3.63) is 35.9 Å². The Morgan fingerprint density at radius 3 is 2.06 bits per heavy atom. The fourth-order valence-electron chi connectivity index (χ4n) is 1.04. The van der Waals surface area contributed by atoms with E-state index in [-0.39, 0.29) is 0 Å². The van der Waals surface area contributed by atoms with Crippen LogP contribution in [-0.4, -0.2) is 18.1 Å². The van der Waals surface area contributed by atoms with Gasteiger partial charge in [0.1, 0.15) is 0 Å². The molecule has 1 rings (SSSR count). The normalized spacial score (nSPS) is 12.3. The van der Waals surface area contributed by atoms with Crippen LogP contribution < -0.4 is 11.5 Å². The van der Waals surface area contributed by atoms with Crippen LogP contribution in [0.1, 0.15) is 18.9 Å². The molecule has 0 saturated heterocycles. The van der Waals surface area contributed by atoms with Gasteiger partial charge in [-0.05, 0) is 25.3 Å². The van der Waals surface area contributed by atoms with Crippen molar-refractivity contribution in [3.8, 4) is 0 Å². The lowest BCUT2D eigenvalue weighted by Crippen LogP contribution is -2.30. The average Bonchev–Trinajstić information content (AvgIpc) is 2.27. The highest BCUT2D eigenvalue weighted by Crippen LogP contribution is 2.11. The fraction of sp³-hybridized carbons (Fsp3) is 0.417. The van der Waals surface area contributed by atoms with E-state index in [1.54, 1.807) is 0 Å². The van der Waals surface area contributed by atoms with Crippen molar-refractivity contribution in [2.75, 3.05) is 0 Å². The van der Waals surface area contributed by atoms with Crippen LogP contribution in [0.2, 0.25) is 0 Å². The third-order valence-electron chi connectivity index (χ3n) is 2.01. The summed E-state index contributed by atoms with van der Waals surface area (Å²) in [6.07, 6.45) is -2.69. The number of hydrogen-bond acceptors (Lipinski definition) is 2. The molecule has 0 aliphatic heterocycles. The summed E-state index contributed by atoms with van der Waals surface area (Å²) in [7, 11) is 0. The molecule has 0 heterocycles. The van der Waals surface area contributed by atoms with Gasteiger partial charge in [0.05, 0.1) is 0 Å². The van der Waals surface area contributed by atoms with E-state index in [1.165, 1.54) is 5.56 Å². The third-order valence-corrected chi connectivity index (χ3v) is 2.01. The SMILES string of the molecule is CC(N)CCc1ccccc1.NC(=O)C(F)(F)F. The second-order valence-electron chi connectivity index (χ2n) is 3.86. The molecule has 6 heteroatoms. The summed E-state index contributed by atoms with van der Waals surface area (Å²) in [5.74, 6) is -2.26. The molecule has 0 aromatic heterocycles. The number of carbonyl (C=O) groups is 1. The number of benzene rings is 1. The van der Waals surface area contributed by atoms with Crippen molar-refractivity contribution in [2.24, 2.45) is 11.5 Å². The van der Waals surface area contributed by atoms with Gasteiger partial charge in [-0.2, -0.15) is 13.2 Å². The monoisotopic (exact) mass is 262 g/mol. The lowest BCUT2D eigenvalue weighted by atomic mass is 10.1. The Hall–Kier alpha value is -1.56. The summed E-state index contributed by atoms with van der Waals surface area (Å²) in [6, 6.07) is 10.8. The predicted molar refractivity (Wildman–Crippen MR) is 63.7 cm³/mol. The van der Waals surface area contributed by atoms with Crippen LogP contribution in [0.15, 0.2) is 30.3 Å². The maximum atomic E-state index is 10.7. The summed E-state index contributed by atoms with van der Waals surface area (Å²) in [6.45, 7) is 2.04. The smallest absolute Gasteiger partial charge is 0.362 e. The Labute approximate surface area is 104 Å². The van der Waals surface area contributed by atoms with Gasteiger partial charge in [0, 0.05) is 6.04 Å². The van der Waals surface area contributed by atoms with Gasteiger partial charge in [-0.25, -0.2) is 0 Å². The minimum Gasteiger partial charge on any atom is -0.362 e. The van der Waals surface area contributed by atoms with E-state index < -0.39 is 12.1 Å². The first-order valence-corrected chi connectivity index (χ1v) is 5.39. The first-order valence-electron chi connectivity index (χ1n) is 5.39. The van der Waals surface area contributed by atoms with Gasteiger partial charge in [-0.1, -0.05) is 30.3 Å². The van der Waals surface area contributed by atoms with Gasteiger partial charge in [0.25, 0.3) is 0 Å². The maximum Gasteiger partial charge on any atom is 0.470 e. The second kappa shape index (κ2) is 7.71. The van der Waals surface area contributed by atoms with Crippen molar-refractivity contribution < 1.29 is 18.0 Å². The molecule has 0 radical (unpaired) electrons. The highest BCUT2D eigenvalue weighted by Gasteiger charge is 2.35. The lowest BCUT2D eigenvalue weighted by Gasteiger charge is -2.03. The Bertz CT molecular complexity index is 350. The first kappa shape index (κ1) is 16.4. The Kier molecular flexibility index (Phi) is 7.04. The van der Waals surface area contributed by atoms with E-state index in [1.807, 2.05) is 13.0 Å². The van der Waals surface area contributed by atoms with Crippen molar-refractivity contribution in [2.45, 2.75) is 32.0 Å². The van der Waals surface area contributed by atoms with Crippen LogP contribution in [-0.2, 0) is 11.2 Å². The molecule has 102 valence electrons. The Morgan fingerprint density at radius 2 is 1.72 bits per heavy atom. The molecule has 18 heavy (non-hydrogen) atoms. The van der Waals surface area contributed by atoms with Crippen LogP contribution in [0.25, 0.3) is 0 Å². The van der Waals surface area contributed by atoms with Gasteiger partial charge < -0.3 is 11.5 Å². The van der Waals surface area contributed by atoms with Crippen LogP contribution in [0.5, 0.6) is 0 Å². The number of alkyl halides is 3. The molecule has 0 bridgehead atoms. The lowest BCUT2D eigenvalue weighted by molar-refractivity contribution is -0.169. The molecule has 0 saturated carbocycles. The number of halogens is 3. The zero-order valence-corrected chi connectivity index (χ0v) is 10.1. The third kappa shape index (κ3) is 8.58. The number of carbonyl (C=O) groups excluding carboxylic acids is 1. The highest BCUT2D eigenvalue weighted by atomic mass is 19.4. The molecule has 0 fully saturated rings. The van der Waals surface area contributed by atoms with E-state index in [9.17, 15) is 13.2 Å². The minimum atomic E-state index is -4.86. The molecule has 1 atom stereocenters. The maximum absolute atomic E-state index is 10.7. The molecular weight excluding hydrogens is 245 g/mol. The Balaban J connectivity index is 0.000000360. The largest absolute Gasteiger partial charge is 0.470 e. The van der Waals surface area contributed by atoms with Crippen LogP contribution >= 0.6 is 0 Å². The molecule has 3 nitrogen and oxygen atoms in total. The fourth-order valence-corrected chi connectivity index (χ4v) is 1.04. The molecule has 0 spiro atoms. The minimum absolute atomic E-state index is 0.315. The van der Waals surface area contributed by atoms with Crippen LogP contribution in [0.4, 0.5) is 13.2 Å². The van der Waals surface area contributed by atoms with Gasteiger partial charge >= 0.3 is 12.1 Å². The van der Waals surface area contributed by atoms with E-state index in [4.69, 9.17) is 10.5 Å². The summed E-state index contributed by atoms with van der Waals surface area (Å²) >= 11 is 0. The molecule has 1 aromatic rings. The van der Waals surface area contributed by atoms with Crippen LogP contribution in [0, 0.1) is 0 Å². The van der Waals surface area contributed by atoms with Crippen molar-refractivity contribution in [1.29, 1.82) is 0 Å². The Morgan fingerprint density at radius 1 is 1.28 bits per heavy atom. The number of primary amides is 1. The van der Waals surface area contributed by atoms with Gasteiger partial charge in [0.2, 0.25) is 0 Å². The van der Waals surface area contributed by atoms with Crippen molar-refractivity contribution >= 4 is 5.91 Å². The average molecular weight is 262 g/mol. The molecule has 1 aromatic carbocycles. The summed E-state index contributed by atoms with van der Waals surface area (Å²) in [5, 5.41) is 0. The number of nitrogens with two attached hydrogens (primary N) is 2. The summed E-state index contributed by atoms with van der Waals surface area (Å²) < 4.78 is 32.1. The van der Waals surface area contributed by atoms with Crippen molar-refractivity contribution in [1.82, 2.24) is 0 Å². The summed E-state index contributed by atoms with van der Waals surface area (Å²) in [5.41, 5.74) is 10.8. The van der Waals surface area contributed by atoms with E-state index in [2.05, 4.69) is 30.0 Å². The zero-order chi connectivity index (χ0) is 14.2. The second-order valence-corrected chi connectivity index (χ2v) is 3.86. The molecule has 0 aliphatic rings. The predicted octanol–water partition coefficient (Wildman–Crippen LogP) is 2.00. The molecular formula is C12H17F3N2O. The van der Waals surface area contributed by atoms with E-state index in [0.717, 1.165) is 12.8 Å². The number of hydrogen-bond donors (Lipinski definition) is 2. The quantitative estimate of drug-likeness (QED) is 0.874. The number of aryl methyl sites for hydroxylation is 1. The van der Waals surface area contributed by atoms with E-state index >= 15 is 0 Å². The molecule has 1 unspecified atom stereocenters. The zero-order valence-electron chi connectivity index (χ0n) is 10.1. The number of rotatable bonds is 3. The first-order chi connectivity index (χ1) is 8.23. The molecule has 1 amide bonds. The van der Waals surface area contributed by atoms with Crippen molar-refractivity contribution in [3.63, 3.8) is 0 Å². The van der Waals surface area contributed by atoms with Gasteiger partial charge in [-0.3, -0.25) is 4.79 Å². The topological polar surface area (TPSA) is 69.1 Å². The van der Waals surface area contributed by atoms with Gasteiger partial charge in [-0.15, -0.1) is 0 Å². The highest BCUT2D eigenvalue weighted by molar-refractivity contribution is 5.79. The van der Waals surface area contributed by atoms with Crippen LogP contribution in [0.3, 0.4) is 0 Å². The van der Waals surface area contributed by atoms with Gasteiger partial charge in [0.15, 0.2) is 0 Å².